The number of carboxylic acids is 1. The van der Waals surface area contributed by atoms with Crippen molar-refractivity contribution in [1.82, 2.24) is 15.2 Å². The number of aliphatic hydroxyl groups is 1. The highest BCUT2D eigenvalue weighted by atomic mass is 35.5. The number of benzene rings is 2. The molecule has 1 aliphatic carbocycles. The van der Waals surface area contributed by atoms with Crippen LogP contribution in [0.4, 0.5) is 4.70 Å². The number of phenolic OH excluding ortho intramolecular Hbond substituents is 1. The summed E-state index contributed by atoms with van der Waals surface area (Å²) in [6.07, 6.45) is 3.11. The molecule has 1 atom stereocenters. The summed E-state index contributed by atoms with van der Waals surface area (Å²) >= 11 is 9.44. The first-order valence-electron chi connectivity index (χ1n) is 17.5. The average Bonchev–Trinajstić information content (AvgIpc) is 3.90. The van der Waals surface area contributed by atoms with Crippen molar-refractivity contribution in [3.05, 3.63) is 108 Å². The van der Waals surface area contributed by atoms with Crippen LogP contribution >= 0.6 is 34.3 Å². The molecule has 54 heavy (non-hydrogen) atoms. The lowest BCUT2D eigenvalue weighted by atomic mass is 9.90. The molecule has 0 aliphatic heterocycles. The van der Waals surface area contributed by atoms with Crippen molar-refractivity contribution in [3.8, 4) is 17.2 Å². The summed E-state index contributed by atoms with van der Waals surface area (Å²) in [5.41, 5.74) is -0.178. The third-order valence-corrected chi connectivity index (χ3v) is 12.1. The standard InChI is InChI=1S/C39H44ClN3O8S2.FH/c1-43(25-8-10-26(11-9-25)51-39(38(47)48,34-6-3-18-52-34)35-7-4-19-53-35)16-5-17-50-33-21-32(49-2)24(20-29(33)40)22-41-23-31(45)27-12-14-30(44)37-28(27)13-15-36(46)42-37;/h3-4,6-7,12-15,18-21,25-26,31,41,44-45H,5,8-11,16-17,22-23H2,1-2H3,(H,42,46)(H,47,48);1H/t25?,26?,31-;/m0./s1. The van der Waals surface area contributed by atoms with Crippen LogP contribution < -0.4 is 20.3 Å². The summed E-state index contributed by atoms with van der Waals surface area (Å²) in [6, 6.07) is 17.4. The van der Waals surface area contributed by atoms with Gasteiger partial charge in [0.25, 0.3) is 0 Å². The Morgan fingerprint density at radius 2 is 1.76 bits per heavy atom. The van der Waals surface area contributed by atoms with Crippen LogP contribution in [-0.4, -0.2) is 77.2 Å². The maximum Gasteiger partial charge on any atom is 0.347 e. The molecule has 0 unspecified atom stereocenters. The molecule has 290 valence electrons. The van der Waals surface area contributed by atoms with Gasteiger partial charge in [-0.2, -0.15) is 0 Å². The van der Waals surface area contributed by atoms with Gasteiger partial charge in [-0.25, -0.2) is 4.79 Å². The second-order valence-electron chi connectivity index (χ2n) is 13.2. The van der Waals surface area contributed by atoms with Gasteiger partial charge in [-0.05, 0) is 85.8 Å². The molecule has 0 radical (unpaired) electrons. The quantitative estimate of drug-likeness (QED) is 0.0619. The Kier molecular flexibility index (Phi) is 14.1. The van der Waals surface area contributed by atoms with E-state index in [0.717, 1.165) is 44.2 Å². The SMILES string of the molecule is COc1cc(OCCCN(C)C2CCC(OC(C(=O)O)(c3cccs3)c3cccs3)CC2)c(Cl)cc1CNC[C@H](O)c1ccc(O)c2[nH]c(=O)ccc12.F. The maximum atomic E-state index is 12.8. The van der Waals surface area contributed by atoms with Crippen molar-refractivity contribution in [3.63, 3.8) is 0 Å². The molecule has 0 amide bonds. The number of aromatic amines is 1. The number of hydrogen-bond donors (Lipinski definition) is 5. The average molecular weight is 802 g/mol. The minimum Gasteiger partial charge on any atom is -0.506 e. The zero-order valence-corrected chi connectivity index (χ0v) is 32.3. The number of phenols is 1. The molecule has 1 aliphatic rings. The summed E-state index contributed by atoms with van der Waals surface area (Å²) in [6.45, 7) is 1.85. The van der Waals surface area contributed by atoms with Gasteiger partial charge in [-0.1, -0.05) is 29.8 Å². The fraction of sp³-hybridized carbons (Fsp3) is 0.385. The molecule has 6 rings (SSSR count). The molecule has 5 N–H and O–H groups in total. The molecule has 5 aromatic rings. The number of aliphatic hydroxyl groups excluding tert-OH is 1. The molecule has 3 aromatic heterocycles. The van der Waals surface area contributed by atoms with Crippen LogP contribution in [0.25, 0.3) is 10.9 Å². The van der Waals surface area contributed by atoms with E-state index in [1.54, 1.807) is 31.4 Å². The van der Waals surface area contributed by atoms with Gasteiger partial charge in [-0.15, -0.1) is 22.7 Å². The minimum absolute atomic E-state index is 0. The number of pyridine rings is 1. The minimum atomic E-state index is -1.49. The van der Waals surface area contributed by atoms with Crippen molar-refractivity contribution in [1.29, 1.82) is 0 Å². The number of methoxy groups -OCH3 is 1. The van der Waals surface area contributed by atoms with E-state index in [1.807, 2.05) is 35.0 Å². The fourth-order valence-corrected chi connectivity index (χ4v) is 9.06. The van der Waals surface area contributed by atoms with Crippen LogP contribution in [-0.2, 0) is 21.7 Å². The summed E-state index contributed by atoms with van der Waals surface area (Å²) in [5.74, 6) is 0.0736. The first-order valence-corrected chi connectivity index (χ1v) is 19.7. The Balaban J connectivity index is 0.00000561. The molecule has 15 heteroatoms. The van der Waals surface area contributed by atoms with E-state index in [4.69, 9.17) is 25.8 Å². The number of aliphatic carboxylic acids is 1. The van der Waals surface area contributed by atoms with Gasteiger partial charge in [0.1, 0.15) is 17.2 Å². The van der Waals surface area contributed by atoms with Crippen LogP contribution in [0.2, 0.25) is 5.02 Å². The van der Waals surface area contributed by atoms with Crippen LogP contribution in [0.1, 0.15) is 59.1 Å². The lowest BCUT2D eigenvalue weighted by Gasteiger charge is -2.38. The number of nitrogens with one attached hydrogen (secondary N) is 2. The first kappa shape index (κ1) is 41.1. The molecule has 1 fully saturated rings. The number of nitrogens with zero attached hydrogens (tertiary/aromatic N) is 1. The second kappa shape index (κ2) is 18.5. The largest absolute Gasteiger partial charge is 0.506 e. The van der Waals surface area contributed by atoms with E-state index >= 15 is 0 Å². The van der Waals surface area contributed by atoms with Gasteiger partial charge in [0.2, 0.25) is 11.2 Å². The second-order valence-corrected chi connectivity index (χ2v) is 15.5. The number of H-pyrrole nitrogens is 1. The Labute approximate surface area is 325 Å². The van der Waals surface area contributed by atoms with E-state index in [1.165, 1.54) is 34.8 Å². The first-order chi connectivity index (χ1) is 25.6. The predicted molar refractivity (Wildman–Crippen MR) is 210 cm³/mol. The smallest absolute Gasteiger partial charge is 0.347 e. The molecule has 0 saturated heterocycles. The van der Waals surface area contributed by atoms with Crippen LogP contribution in [0.15, 0.2) is 76.2 Å². The summed E-state index contributed by atoms with van der Waals surface area (Å²) in [4.78, 5) is 30.8. The summed E-state index contributed by atoms with van der Waals surface area (Å²) < 4.78 is 18.3. The van der Waals surface area contributed by atoms with Crippen LogP contribution in [0.5, 0.6) is 17.2 Å². The number of carboxylic acid groups (broad SMARTS) is 1. The number of halogens is 2. The van der Waals surface area contributed by atoms with Gasteiger partial charge in [0.05, 0.1) is 46.2 Å². The maximum absolute atomic E-state index is 12.8. The van der Waals surface area contributed by atoms with Crippen molar-refractivity contribution < 1.29 is 39.0 Å². The number of carbonyl (C=O) groups is 1. The van der Waals surface area contributed by atoms with Crippen molar-refractivity contribution in [2.75, 3.05) is 33.9 Å². The molecule has 0 spiro atoms. The number of rotatable bonds is 17. The van der Waals surface area contributed by atoms with Gasteiger partial charge in [0.15, 0.2) is 0 Å². The van der Waals surface area contributed by atoms with E-state index in [2.05, 4.69) is 22.2 Å². The van der Waals surface area contributed by atoms with Crippen LogP contribution in [0, 0.1) is 0 Å². The van der Waals surface area contributed by atoms with Crippen molar-refractivity contribution in [2.24, 2.45) is 0 Å². The van der Waals surface area contributed by atoms with Gasteiger partial charge < -0.3 is 44.7 Å². The fourth-order valence-electron chi connectivity index (χ4n) is 7.01. The van der Waals surface area contributed by atoms with Gasteiger partial charge in [-0.3, -0.25) is 9.50 Å². The zero-order chi connectivity index (χ0) is 37.5. The van der Waals surface area contributed by atoms with Crippen LogP contribution in [0.3, 0.4) is 0 Å². The Morgan fingerprint density at radius 1 is 1.06 bits per heavy atom. The Morgan fingerprint density at radius 3 is 2.39 bits per heavy atom. The van der Waals surface area contributed by atoms with E-state index < -0.39 is 17.7 Å². The molecule has 0 bridgehead atoms. The molecule has 3 heterocycles. The number of aromatic hydroxyl groups is 1. The molecule has 2 aromatic carbocycles. The number of hydrogen-bond acceptors (Lipinski definition) is 11. The van der Waals surface area contributed by atoms with Crippen molar-refractivity contribution in [2.45, 2.75) is 62.5 Å². The monoisotopic (exact) mass is 801 g/mol. The molecule has 1 saturated carbocycles. The van der Waals surface area contributed by atoms with E-state index in [0.29, 0.717) is 56.4 Å². The third kappa shape index (κ3) is 9.08. The highest BCUT2D eigenvalue weighted by Gasteiger charge is 2.48. The highest BCUT2D eigenvalue weighted by Crippen LogP contribution is 2.42. The Bertz CT molecular complexity index is 2000. The number of ether oxygens (including phenoxy) is 3. The number of aromatic nitrogens is 1. The van der Waals surface area contributed by atoms with Gasteiger partial charge >= 0.3 is 5.97 Å². The van der Waals surface area contributed by atoms with E-state index in [-0.39, 0.29) is 34.2 Å². The van der Waals surface area contributed by atoms with Crippen molar-refractivity contribution >= 4 is 51.1 Å². The highest BCUT2D eigenvalue weighted by molar-refractivity contribution is 7.12. The Hall–Kier alpha value is -4.02. The predicted octanol–water partition coefficient (Wildman–Crippen LogP) is 7.05. The lowest BCUT2D eigenvalue weighted by Crippen LogP contribution is -2.44. The third-order valence-electron chi connectivity index (χ3n) is 9.81. The van der Waals surface area contributed by atoms with E-state index in [9.17, 15) is 24.9 Å². The zero-order valence-electron chi connectivity index (χ0n) is 30.0. The van der Waals surface area contributed by atoms with Gasteiger partial charge in [0, 0.05) is 48.8 Å². The molecule has 11 nitrogen and oxygen atoms in total. The number of thiophene rings is 2. The lowest BCUT2D eigenvalue weighted by molar-refractivity contribution is -0.170. The molecular weight excluding hydrogens is 757 g/mol. The normalized spacial score (nSPS) is 16.6. The number of fused-ring (bicyclic) bond motifs is 1. The molecular formula is C39H45ClFN3O8S2. The summed E-state index contributed by atoms with van der Waals surface area (Å²) in [5, 5.41) is 39.6. The topological polar surface area (TPSA) is 154 Å². The summed E-state index contributed by atoms with van der Waals surface area (Å²) in [7, 11) is 3.69.